The van der Waals surface area contributed by atoms with Crippen molar-refractivity contribution in [3.63, 3.8) is 0 Å². The first kappa shape index (κ1) is 13.5. The van der Waals surface area contributed by atoms with Gasteiger partial charge in [0.2, 0.25) is 0 Å². The molecule has 2 rings (SSSR count). The minimum Gasteiger partial charge on any atom is -0.311 e. The van der Waals surface area contributed by atoms with E-state index in [0.29, 0.717) is 12.6 Å². The Hall–Kier alpha value is -0.950. The molecule has 18 heavy (non-hydrogen) atoms. The summed E-state index contributed by atoms with van der Waals surface area (Å²) in [6.07, 6.45) is 4.01. The summed E-state index contributed by atoms with van der Waals surface area (Å²) in [6, 6.07) is 0.297. The Morgan fingerprint density at radius 1 is 1.50 bits per heavy atom. The first-order valence-corrected chi connectivity index (χ1v) is 8.37. The Bertz CT molecular complexity index is 509. The van der Waals surface area contributed by atoms with Gasteiger partial charge in [-0.3, -0.25) is 0 Å². The van der Waals surface area contributed by atoms with Gasteiger partial charge in [-0.05, 0) is 6.42 Å². The van der Waals surface area contributed by atoms with Crippen LogP contribution in [0.1, 0.15) is 25.0 Å². The van der Waals surface area contributed by atoms with Crippen LogP contribution in [0.3, 0.4) is 0 Å². The molecule has 0 saturated heterocycles. The minimum atomic E-state index is -2.88. The molecule has 0 aliphatic carbocycles. The maximum Gasteiger partial charge on any atom is 0.150 e. The second-order valence-electron chi connectivity index (χ2n) is 4.80. The molecule has 0 radical (unpaired) electrons. The molecule has 1 aromatic rings. The van der Waals surface area contributed by atoms with Gasteiger partial charge in [-0.25, -0.2) is 18.1 Å². The van der Waals surface area contributed by atoms with Crippen LogP contribution in [0.5, 0.6) is 0 Å². The molecule has 6 nitrogen and oxygen atoms in total. The first-order chi connectivity index (χ1) is 8.48. The summed E-state index contributed by atoms with van der Waals surface area (Å²) in [7, 11) is -2.88. The predicted octanol–water partition coefficient (Wildman–Crippen LogP) is -0.210. The van der Waals surface area contributed by atoms with Gasteiger partial charge in [0.15, 0.2) is 5.82 Å². The van der Waals surface area contributed by atoms with E-state index in [-0.39, 0.29) is 5.75 Å². The molecule has 1 aliphatic heterocycles. The summed E-state index contributed by atoms with van der Waals surface area (Å²) in [6.45, 7) is 3.34. The van der Waals surface area contributed by atoms with Crippen LogP contribution in [0.25, 0.3) is 0 Å². The lowest BCUT2D eigenvalue weighted by molar-refractivity contribution is 0.365. The molecule has 7 heteroatoms. The van der Waals surface area contributed by atoms with Crippen molar-refractivity contribution >= 4 is 9.84 Å². The number of nitrogens with one attached hydrogen (secondary N) is 1. The van der Waals surface area contributed by atoms with E-state index in [1.54, 1.807) is 0 Å². The SMILES string of the molecule is CCc1nc2n(n1)C[C@@H](NCCS(C)(=O)=O)CC2. The van der Waals surface area contributed by atoms with Crippen LogP contribution in [0, 0.1) is 0 Å². The van der Waals surface area contributed by atoms with E-state index < -0.39 is 9.84 Å². The second kappa shape index (κ2) is 5.36. The van der Waals surface area contributed by atoms with Gasteiger partial charge in [0.05, 0.1) is 12.3 Å². The third kappa shape index (κ3) is 3.52. The Morgan fingerprint density at radius 3 is 2.94 bits per heavy atom. The van der Waals surface area contributed by atoms with Crippen molar-refractivity contribution in [2.75, 3.05) is 18.6 Å². The van der Waals surface area contributed by atoms with Gasteiger partial charge < -0.3 is 5.32 Å². The van der Waals surface area contributed by atoms with Crippen LogP contribution >= 0.6 is 0 Å². The van der Waals surface area contributed by atoms with Crippen LogP contribution < -0.4 is 5.32 Å². The van der Waals surface area contributed by atoms with Crippen molar-refractivity contribution < 1.29 is 8.42 Å². The number of hydrogen-bond acceptors (Lipinski definition) is 5. The lowest BCUT2D eigenvalue weighted by Gasteiger charge is -2.23. The molecular weight excluding hydrogens is 252 g/mol. The zero-order valence-corrected chi connectivity index (χ0v) is 11.7. The molecule has 0 bridgehead atoms. The lowest BCUT2D eigenvalue weighted by Crippen LogP contribution is -2.39. The van der Waals surface area contributed by atoms with Gasteiger partial charge in [0.1, 0.15) is 15.7 Å². The van der Waals surface area contributed by atoms with Crippen molar-refractivity contribution in [1.29, 1.82) is 0 Å². The molecule has 1 N–H and O–H groups in total. The van der Waals surface area contributed by atoms with Gasteiger partial charge in [-0.1, -0.05) is 6.92 Å². The lowest BCUT2D eigenvalue weighted by atomic mass is 10.1. The number of hydrogen-bond donors (Lipinski definition) is 1. The summed E-state index contributed by atoms with van der Waals surface area (Å²) < 4.78 is 24.0. The Balaban J connectivity index is 1.87. The van der Waals surface area contributed by atoms with E-state index in [0.717, 1.165) is 37.5 Å². The topological polar surface area (TPSA) is 76.9 Å². The van der Waals surface area contributed by atoms with Gasteiger partial charge in [-0.15, -0.1) is 0 Å². The quantitative estimate of drug-likeness (QED) is 0.802. The maximum atomic E-state index is 11.0. The zero-order valence-electron chi connectivity index (χ0n) is 10.9. The molecule has 0 aromatic carbocycles. The number of sulfone groups is 1. The molecule has 0 saturated carbocycles. The van der Waals surface area contributed by atoms with E-state index in [1.165, 1.54) is 6.26 Å². The van der Waals surface area contributed by atoms with Crippen molar-refractivity contribution in [2.45, 2.75) is 38.8 Å². The molecule has 0 fully saturated rings. The van der Waals surface area contributed by atoms with Crippen LogP contribution in [-0.4, -0.2) is 47.8 Å². The number of fused-ring (bicyclic) bond motifs is 1. The fourth-order valence-electron chi connectivity index (χ4n) is 2.13. The normalized spacial score (nSPS) is 19.8. The first-order valence-electron chi connectivity index (χ1n) is 6.31. The molecule has 0 spiro atoms. The number of aromatic nitrogens is 3. The Morgan fingerprint density at radius 2 is 2.28 bits per heavy atom. The molecule has 1 atom stereocenters. The van der Waals surface area contributed by atoms with E-state index in [2.05, 4.69) is 15.4 Å². The van der Waals surface area contributed by atoms with Crippen LogP contribution in [-0.2, 0) is 29.2 Å². The largest absolute Gasteiger partial charge is 0.311 e. The third-order valence-electron chi connectivity index (χ3n) is 3.12. The highest BCUT2D eigenvalue weighted by atomic mass is 32.2. The molecule has 1 aliphatic rings. The summed E-state index contributed by atoms with van der Waals surface area (Å²) in [5.41, 5.74) is 0. The number of aryl methyl sites for hydroxylation is 2. The van der Waals surface area contributed by atoms with Crippen LogP contribution in [0.15, 0.2) is 0 Å². The second-order valence-corrected chi connectivity index (χ2v) is 7.06. The Kier molecular flexibility index (Phi) is 4.01. The molecule has 102 valence electrons. The van der Waals surface area contributed by atoms with E-state index >= 15 is 0 Å². The highest BCUT2D eigenvalue weighted by Crippen LogP contribution is 2.13. The van der Waals surface area contributed by atoms with E-state index in [9.17, 15) is 8.42 Å². The number of nitrogens with zero attached hydrogens (tertiary/aromatic N) is 3. The molecule has 2 heterocycles. The fraction of sp³-hybridized carbons (Fsp3) is 0.818. The summed E-state index contributed by atoms with van der Waals surface area (Å²) in [5, 5.41) is 7.70. The average Bonchev–Trinajstić information content (AvgIpc) is 2.69. The third-order valence-corrected chi connectivity index (χ3v) is 4.07. The zero-order chi connectivity index (χ0) is 13.2. The Labute approximate surface area is 108 Å². The average molecular weight is 272 g/mol. The van der Waals surface area contributed by atoms with E-state index in [1.807, 2.05) is 11.6 Å². The van der Waals surface area contributed by atoms with Crippen molar-refractivity contribution in [1.82, 2.24) is 20.1 Å². The van der Waals surface area contributed by atoms with Gasteiger partial charge in [0, 0.05) is 31.7 Å². The summed E-state index contributed by atoms with van der Waals surface area (Å²) in [5.74, 6) is 2.13. The van der Waals surface area contributed by atoms with Gasteiger partial charge >= 0.3 is 0 Å². The highest BCUT2D eigenvalue weighted by Gasteiger charge is 2.20. The molecule has 1 aromatic heterocycles. The number of rotatable bonds is 5. The van der Waals surface area contributed by atoms with Gasteiger partial charge in [0.25, 0.3) is 0 Å². The molecule has 0 unspecified atom stereocenters. The van der Waals surface area contributed by atoms with Gasteiger partial charge in [-0.2, -0.15) is 5.10 Å². The maximum absolute atomic E-state index is 11.0. The molecule has 0 amide bonds. The molecular formula is C11H20N4O2S. The minimum absolute atomic E-state index is 0.188. The standard InChI is InChI=1S/C11H20N4O2S/c1-3-10-13-11-5-4-9(8-15(11)14-10)12-6-7-18(2,16)17/h9,12H,3-8H2,1-2H3/t9-/m0/s1. The van der Waals surface area contributed by atoms with Crippen molar-refractivity contribution in [2.24, 2.45) is 0 Å². The monoisotopic (exact) mass is 272 g/mol. The summed E-state index contributed by atoms with van der Waals surface area (Å²) >= 11 is 0. The summed E-state index contributed by atoms with van der Waals surface area (Å²) in [4.78, 5) is 4.45. The fourth-order valence-corrected chi connectivity index (χ4v) is 2.61. The van der Waals surface area contributed by atoms with Crippen molar-refractivity contribution in [3.8, 4) is 0 Å². The van der Waals surface area contributed by atoms with Crippen LogP contribution in [0.2, 0.25) is 0 Å². The van der Waals surface area contributed by atoms with Crippen molar-refractivity contribution in [3.05, 3.63) is 11.6 Å². The van der Waals surface area contributed by atoms with Crippen LogP contribution in [0.4, 0.5) is 0 Å². The predicted molar refractivity (Wildman–Crippen MR) is 69.2 cm³/mol. The smallest absolute Gasteiger partial charge is 0.150 e. The highest BCUT2D eigenvalue weighted by molar-refractivity contribution is 7.90. The van der Waals surface area contributed by atoms with E-state index in [4.69, 9.17) is 0 Å².